The molecule has 3 heterocycles. The van der Waals surface area contributed by atoms with Crippen LogP contribution in [-0.2, 0) is 14.4 Å². The summed E-state index contributed by atoms with van der Waals surface area (Å²) in [5.41, 5.74) is 2.72. The van der Waals surface area contributed by atoms with Crippen LogP contribution in [0.4, 0.5) is 5.69 Å². The van der Waals surface area contributed by atoms with Gasteiger partial charge in [0.25, 0.3) is 0 Å². The minimum atomic E-state index is -0.753. The van der Waals surface area contributed by atoms with Crippen LogP contribution in [0.25, 0.3) is 0 Å². The molecule has 8 heteroatoms. The zero-order chi connectivity index (χ0) is 26.4. The lowest BCUT2D eigenvalue weighted by atomic mass is 9.66. The standard InChI is InChI=1S/C28H41N3O4S/c1-7-13-29-24(33)21-22-26(35)31(20(15-32)17(4)8-2)23(28(22)12-11-27(21,6)36-28)25(34)30-19-14-16(3)9-10-18(19)5/h9-10,14,17,20-23,32H,7-8,11-13,15H2,1-6H3,(H,29,33)(H,30,34)/t17-,20-,21+,22-,23?,27-,28?/m0/s1. The number of likely N-dealkylation sites (tertiary alicyclic amines) is 1. The Labute approximate surface area is 219 Å². The SMILES string of the molecule is CCCNC(=O)[C@H]1[C@H]2C(=O)N([C@@H](CO)[C@@H](C)CC)C(C(=O)Nc3cc(C)ccc3C)C23CC[C@]1(C)S3. The van der Waals surface area contributed by atoms with Crippen molar-refractivity contribution in [3.8, 4) is 0 Å². The maximum atomic E-state index is 14.3. The first-order valence-corrected chi connectivity index (χ1v) is 14.1. The second kappa shape index (κ2) is 10.0. The molecule has 3 saturated heterocycles. The number of nitrogens with one attached hydrogen (secondary N) is 2. The lowest BCUT2D eigenvalue weighted by Gasteiger charge is -2.39. The van der Waals surface area contributed by atoms with E-state index in [1.54, 1.807) is 16.7 Å². The molecule has 3 amide bonds. The van der Waals surface area contributed by atoms with Gasteiger partial charge in [0.2, 0.25) is 17.7 Å². The van der Waals surface area contributed by atoms with Gasteiger partial charge in [-0.15, -0.1) is 11.8 Å². The van der Waals surface area contributed by atoms with Gasteiger partial charge in [0, 0.05) is 17.0 Å². The van der Waals surface area contributed by atoms with Crippen LogP contribution in [0.1, 0.15) is 64.5 Å². The molecule has 0 aliphatic carbocycles. The lowest BCUT2D eigenvalue weighted by molar-refractivity contribution is -0.143. The first-order chi connectivity index (χ1) is 17.0. The number of hydrogen-bond acceptors (Lipinski definition) is 5. The summed E-state index contributed by atoms with van der Waals surface area (Å²) >= 11 is 1.67. The van der Waals surface area contributed by atoms with Crippen LogP contribution in [0.2, 0.25) is 0 Å². The zero-order valence-electron chi connectivity index (χ0n) is 22.4. The van der Waals surface area contributed by atoms with Crippen LogP contribution < -0.4 is 10.6 Å². The molecule has 1 aromatic carbocycles. The zero-order valence-corrected chi connectivity index (χ0v) is 23.2. The largest absolute Gasteiger partial charge is 0.394 e. The number of amides is 3. The van der Waals surface area contributed by atoms with Crippen molar-refractivity contribution < 1.29 is 19.5 Å². The Morgan fingerprint density at radius 3 is 2.58 bits per heavy atom. The van der Waals surface area contributed by atoms with E-state index in [1.807, 2.05) is 52.8 Å². The highest BCUT2D eigenvalue weighted by atomic mass is 32.2. The van der Waals surface area contributed by atoms with Crippen molar-refractivity contribution in [3.63, 3.8) is 0 Å². The molecule has 0 saturated carbocycles. The van der Waals surface area contributed by atoms with Gasteiger partial charge in [0.1, 0.15) is 6.04 Å². The third-order valence-electron chi connectivity index (χ3n) is 8.79. The van der Waals surface area contributed by atoms with E-state index in [9.17, 15) is 19.5 Å². The predicted molar refractivity (Wildman–Crippen MR) is 144 cm³/mol. The molecule has 2 bridgehead atoms. The van der Waals surface area contributed by atoms with Crippen molar-refractivity contribution in [2.45, 2.75) is 88.8 Å². The van der Waals surface area contributed by atoms with Gasteiger partial charge in [-0.1, -0.05) is 39.3 Å². The van der Waals surface area contributed by atoms with Gasteiger partial charge in [0.15, 0.2) is 0 Å². The maximum Gasteiger partial charge on any atom is 0.248 e. The molecule has 36 heavy (non-hydrogen) atoms. The maximum absolute atomic E-state index is 14.3. The van der Waals surface area contributed by atoms with Crippen molar-refractivity contribution in [3.05, 3.63) is 29.3 Å². The molecule has 0 aromatic heterocycles. The Morgan fingerprint density at radius 1 is 1.22 bits per heavy atom. The number of nitrogens with zero attached hydrogens (tertiary/aromatic N) is 1. The van der Waals surface area contributed by atoms with E-state index in [0.29, 0.717) is 13.0 Å². The number of fused-ring (bicyclic) bond motifs is 1. The molecule has 0 radical (unpaired) electrons. The number of thioether (sulfide) groups is 1. The molecule has 3 N–H and O–H groups in total. The number of aliphatic hydroxyl groups excluding tert-OH is 1. The fourth-order valence-corrected chi connectivity index (χ4v) is 9.01. The van der Waals surface area contributed by atoms with Crippen LogP contribution in [0.15, 0.2) is 18.2 Å². The third-order valence-corrected chi connectivity index (χ3v) is 10.8. The highest BCUT2D eigenvalue weighted by molar-refractivity contribution is 8.02. The van der Waals surface area contributed by atoms with Gasteiger partial charge in [-0.25, -0.2) is 0 Å². The Kier molecular flexibility index (Phi) is 7.50. The smallest absolute Gasteiger partial charge is 0.248 e. The number of carbonyl (C=O) groups excluding carboxylic acids is 3. The van der Waals surface area contributed by atoms with E-state index in [1.165, 1.54) is 0 Å². The average Bonchev–Trinajstić information content (AvgIpc) is 3.41. The number of aryl methyl sites for hydroxylation is 2. The molecule has 3 aliphatic rings. The number of aliphatic hydroxyl groups is 1. The average molecular weight is 516 g/mol. The lowest BCUT2D eigenvalue weighted by Crippen LogP contribution is -2.56. The summed E-state index contributed by atoms with van der Waals surface area (Å²) in [6, 6.07) is 4.69. The van der Waals surface area contributed by atoms with Crippen LogP contribution in [0.3, 0.4) is 0 Å². The first kappa shape index (κ1) is 27.0. The quantitative estimate of drug-likeness (QED) is 0.466. The third kappa shape index (κ3) is 4.14. The predicted octanol–water partition coefficient (Wildman–Crippen LogP) is 3.66. The number of carbonyl (C=O) groups is 3. The topological polar surface area (TPSA) is 98.7 Å². The summed E-state index contributed by atoms with van der Waals surface area (Å²) in [6.45, 7) is 12.4. The van der Waals surface area contributed by atoms with Crippen molar-refractivity contribution in [2.75, 3.05) is 18.5 Å². The van der Waals surface area contributed by atoms with Crippen LogP contribution in [-0.4, -0.2) is 62.5 Å². The number of benzene rings is 1. The minimum Gasteiger partial charge on any atom is -0.394 e. The monoisotopic (exact) mass is 515 g/mol. The fraction of sp³-hybridized carbons (Fsp3) is 0.679. The Hall–Kier alpha value is -2.06. The van der Waals surface area contributed by atoms with Crippen molar-refractivity contribution >= 4 is 35.2 Å². The van der Waals surface area contributed by atoms with Crippen molar-refractivity contribution in [1.82, 2.24) is 10.2 Å². The molecule has 3 fully saturated rings. The summed E-state index contributed by atoms with van der Waals surface area (Å²) in [4.78, 5) is 43.5. The summed E-state index contributed by atoms with van der Waals surface area (Å²) in [5, 5.41) is 16.6. The van der Waals surface area contributed by atoms with E-state index in [0.717, 1.165) is 36.1 Å². The Morgan fingerprint density at radius 2 is 1.94 bits per heavy atom. The van der Waals surface area contributed by atoms with E-state index in [2.05, 4.69) is 17.6 Å². The summed E-state index contributed by atoms with van der Waals surface area (Å²) in [6.07, 6.45) is 3.06. The molecule has 7 nitrogen and oxygen atoms in total. The second-order valence-corrected chi connectivity index (χ2v) is 13.1. The Balaban J connectivity index is 1.79. The fourth-order valence-electron chi connectivity index (χ4n) is 6.67. The molecule has 1 aromatic rings. The van der Waals surface area contributed by atoms with Crippen molar-refractivity contribution in [2.24, 2.45) is 17.8 Å². The highest BCUT2D eigenvalue weighted by Gasteiger charge is 2.77. The van der Waals surface area contributed by atoms with Gasteiger partial charge in [-0.05, 0) is 63.1 Å². The van der Waals surface area contributed by atoms with Crippen LogP contribution >= 0.6 is 11.8 Å². The molecule has 2 unspecified atom stereocenters. The van der Waals surface area contributed by atoms with E-state index in [4.69, 9.17) is 0 Å². The summed E-state index contributed by atoms with van der Waals surface area (Å²) in [7, 11) is 0. The number of rotatable bonds is 9. The van der Waals surface area contributed by atoms with E-state index in [-0.39, 0.29) is 30.2 Å². The molecular formula is C28H41N3O4S. The molecule has 1 spiro atoms. The van der Waals surface area contributed by atoms with Crippen molar-refractivity contribution in [1.29, 1.82) is 0 Å². The van der Waals surface area contributed by atoms with Gasteiger partial charge in [-0.3, -0.25) is 14.4 Å². The molecule has 4 rings (SSSR count). The summed E-state index contributed by atoms with van der Waals surface area (Å²) < 4.78 is -1.09. The normalized spacial score (nSPS) is 32.4. The number of hydrogen-bond donors (Lipinski definition) is 3. The number of anilines is 1. The first-order valence-electron chi connectivity index (χ1n) is 13.3. The molecule has 198 valence electrons. The van der Waals surface area contributed by atoms with E-state index < -0.39 is 33.4 Å². The minimum absolute atomic E-state index is 0.00957. The molecular weight excluding hydrogens is 474 g/mol. The molecule has 3 aliphatic heterocycles. The van der Waals surface area contributed by atoms with Gasteiger partial charge >= 0.3 is 0 Å². The second-order valence-electron chi connectivity index (χ2n) is 11.2. The Bertz CT molecular complexity index is 1050. The summed E-state index contributed by atoms with van der Waals surface area (Å²) in [5.74, 6) is -1.55. The van der Waals surface area contributed by atoms with Gasteiger partial charge < -0.3 is 20.6 Å². The molecule has 7 atom stereocenters. The van der Waals surface area contributed by atoms with Gasteiger partial charge in [-0.2, -0.15) is 0 Å². The van der Waals surface area contributed by atoms with Crippen LogP contribution in [0.5, 0.6) is 0 Å². The van der Waals surface area contributed by atoms with E-state index >= 15 is 0 Å². The highest BCUT2D eigenvalue weighted by Crippen LogP contribution is 2.71. The van der Waals surface area contributed by atoms with Crippen LogP contribution in [0, 0.1) is 31.6 Å². The van der Waals surface area contributed by atoms with Gasteiger partial charge in [0.05, 0.1) is 29.2 Å².